The Morgan fingerprint density at radius 2 is 2.00 bits per heavy atom. The van der Waals surface area contributed by atoms with Crippen LogP contribution in [0.1, 0.15) is 48.7 Å². The van der Waals surface area contributed by atoms with Crippen LogP contribution in [0.3, 0.4) is 0 Å². The van der Waals surface area contributed by atoms with Crippen molar-refractivity contribution < 1.29 is 9.59 Å². The zero-order valence-electron chi connectivity index (χ0n) is 15.2. The second-order valence-corrected chi connectivity index (χ2v) is 7.17. The van der Waals surface area contributed by atoms with E-state index in [-0.39, 0.29) is 17.7 Å². The fourth-order valence-corrected chi connectivity index (χ4v) is 3.56. The minimum absolute atomic E-state index is 0.141. The minimum Gasteiger partial charge on any atom is -0.364 e. The van der Waals surface area contributed by atoms with Gasteiger partial charge in [0.2, 0.25) is 5.91 Å². The van der Waals surface area contributed by atoms with Crippen LogP contribution in [0.2, 0.25) is 0 Å². The van der Waals surface area contributed by atoms with Gasteiger partial charge >= 0.3 is 0 Å². The molecule has 2 N–H and O–H groups in total. The predicted molar refractivity (Wildman–Crippen MR) is 97.5 cm³/mol. The summed E-state index contributed by atoms with van der Waals surface area (Å²) in [6, 6.07) is 1.90. The van der Waals surface area contributed by atoms with Crippen molar-refractivity contribution in [2.75, 3.05) is 39.3 Å². The number of carbonyl (C=O) groups excluding carboxylic acids is 2. The second kappa shape index (κ2) is 8.52. The number of nitrogens with zero attached hydrogens (tertiary/aromatic N) is 2. The molecule has 138 valence electrons. The van der Waals surface area contributed by atoms with Gasteiger partial charge in [-0.2, -0.15) is 0 Å². The maximum absolute atomic E-state index is 12.7. The quantitative estimate of drug-likeness (QED) is 0.789. The van der Waals surface area contributed by atoms with Crippen LogP contribution in [0.25, 0.3) is 0 Å². The number of aromatic amines is 1. The second-order valence-electron chi connectivity index (χ2n) is 7.17. The van der Waals surface area contributed by atoms with Gasteiger partial charge in [0.25, 0.3) is 5.91 Å². The van der Waals surface area contributed by atoms with Gasteiger partial charge in [-0.1, -0.05) is 19.8 Å². The number of H-pyrrole nitrogens is 1. The van der Waals surface area contributed by atoms with Gasteiger partial charge in [0.1, 0.15) is 0 Å². The van der Waals surface area contributed by atoms with E-state index in [1.54, 1.807) is 0 Å². The highest BCUT2D eigenvalue weighted by Gasteiger charge is 2.26. The van der Waals surface area contributed by atoms with Crippen LogP contribution in [0.5, 0.6) is 0 Å². The molecule has 0 aromatic carbocycles. The van der Waals surface area contributed by atoms with Gasteiger partial charge < -0.3 is 15.2 Å². The highest BCUT2D eigenvalue weighted by Crippen LogP contribution is 2.26. The summed E-state index contributed by atoms with van der Waals surface area (Å²) < 4.78 is 0. The molecule has 1 aromatic heterocycles. The lowest BCUT2D eigenvalue weighted by Crippen LogP contribution is -2.50. The summed E-state index contributed by atoms with van der Waals surface area (Å²) in [5.41, 5.74) is 1.87. The Morgan fingerprint density at radius 3 is 2.64 bits per heavy atom. The maximum atomic E-state index is 12.7. The maximum Gasteiger partial charge on any atom is 0.255 e. The Labute approximate surface area is 149 Å². The summed E-state index contributed by atoms with van der Waals surface area (Å²) in [6.07, 6.45) is 7.09. The normalized spacial score (nSPS) is 18.8. The number of amides is 2. The van der Waals surface area contributed by atoms with E-state index >= 15 is 0 Å². The topological polar surface area (TPSA) is 68.4 Å². The van der Waals surface area contributed by atoms with Gasteiger partial charge in [0.05, 0.1) is 5.56 Å². The fourth-order valence-electron chi connectivity index (χ4n) is 3.56. The molecule has 1 saturated carbocycles. The number of aromatic nitrogens is 1. The molecule has 1 saturated heterocycles. The zero-order chi connectivity index (χ0) is 17.6. The molecule has 2 amide bonds. The molecule has 0 bridgehead atoms. The first kappa shape index (κ1) is 18.0. The van der Waals surface area contributed by atoms with Crippen LogP contribution in [0, 0.1) is 5.92 Å². The summed E-state index contributed by atoms with van der Waals surface area (Å²) in [5, 5.41) is 3.04. The van der Waals surface area contributed by atoms with E-state index in [0.29, 0.717) is 6.54 Å². The zero-order valence-corrected chi connectivity index (χ0v) is 15.2. The summed E-state index contributed by atoms with van der Waals surface area (Å²) in [7, 11) is 0. The summed E-state index contributed by atoms with van der Waals surface area (Å²) >= 11 is 0. The molecule has 25 heavy (non-hydrogen) atoms. The molecule has 2 heterocycles. The molecule has 6 heteroatoms. The third-order valence-corrected chi connectivity index (χ3v) is 5.43. The first-order valence-corrected chi connectivity index (χ1v) is 9.64. The molecule has 1 aliphatic carbocycles. The Hall–Kier alpha value is -1.82. The predicted octanol–water partition coefficient (Wildman–Crippen LogP) is 1.64. The third kappa shape index (κ3) is 4.42. The lowest BCUT2D eigenvalue weighted by atomic mass is 9.85. The molecule has 1 aliphatic heterocycles. The SMILES string of the molecule is CCCc1[nH]ccc1C(=O)N1CCN(CCNC(=O)C2CCC2)CC1. The largest absolute Gasteiger partial charge is 0.364 e. The minimum atomic E-state index is 0.141. The molecular weight excluding hydrogens is 316 g/mol. The molecule has 0 atom stereocenters. The molecule has 2 fully saturated rings. The van der Waals surface area contributed by atoms with Crippen molar-refractivity contribution in [2.24, 2.45) is 5.92 Å². The summed E-state index contributed by atoms with van der Waals surface area (Å²) in [6.45, 7) is 6.96. The van der Waals surface area contributed by atoms with Gasteiger partial charge in [-0.25, -0.2) is 0 Å². The van der Waals surface area contributed by atoms with Crippen LogP contribution in [0.15, 0.2) is 12.3 Å². The molecule has 3 rings (SSSR count). The van der Waals surface area contributed by atoms with Gasteiger partial charge in [-0.3, -0.25) is 14.5 Å². The molecule has 0 spiro atoms. The number of carbonyl (C=O) groups is 2. The number of hydrogen-bond acceptors (Lipinski definition) is 3. The Balaban J connectivity index is 1.39. The summed E-state index contributed by atoms with van der Waals surface area (Å²) in [5.74, 6) is 0.617. The Bertz CT molecular complexity index is 586. The number of nitrogens with one attached hydrogen (secondary N) is 2. The molecular formula is C19H30N4O2. The van der Waals surface area contributed by atoms with E-state index < -0.39 is 0 Å². The smallest absolute Gasteiger partial charge is 0.255 e. The van der Waals surface area contributed by atoms with Crippen molar-refractivity contribution in [3.8, 4) is 0 Å². The van der Waals surface area contributed by atoms with Crippen molar-refractivity contribution in [3.05, 3.63) is 23.5 Å². The summed E-state index contributed by atoms with van der Waals surface area (Å²) in [4.78, 5) is 32.0. The van der Waals surface area contributed by atoms with E-state index in [2.05, 4.69) is 22.1 Å². The van der Waals surface area contributed by atoms with Crippen LogP contribution in [0.4, 0.5) is 0 Å². The number of hydrogen-bond donors (Lipinski definition) is 2. The number of rotatable bonds is 7. The van der Waals surface area contributed by atoms with Crippen molar-refractivity contribution in [3.63, 3.8) is 0 Å². The van der Waals surface area contributed by atoms with Crippen molar-refractivity contribution >= 4 is 11.8 Å². The lowest BCUT2D eigenvalue weighted by Gasteiger charge is -2.35. The molecule has 2 aliphatic rings. The number of aryl methyl sites for hydroxylation is 1. The van der Waals surface area contributed by atoms with Crippen LogP contribution >= 0.6 is 0 Å². The first-order valence-electron chi connectivity index (χ1n) is 9.64. The van der Waals surface area contributed by atoms with Crippen LogP contribution in [-0.2, 0) is 11.2 Å². The Morgan fingerprint density at radius 1 is 1.24 bits per heavy atom. The van der Waals surface area contributed by atoms with Gasteiger partial charge in [-0.15, -0.1) is 0 Å². The van der Waals surface area contributed by atoms with Gasteiger partial charge in [-0.05, 0) is 25.3 Å². The standard InChI is InChI=1S/C19H30N4O2/c1-2-4-17-16(7-8-20-17)19(25)23-13-11-22(12-14-23)10-9-21-18(24)15-5-3-6-15/h7-8,15,20H,2-6,9-14H2,1H3,(H,21,24). The highest BCUT2D eigenvalue weighted by molar-refractivity contribution is 5.95. The van der Waals surface area contributed by atoms with Crippen LogP contribution < -0.4 is 5.32 Å². The molecule has 1 aromatic rings. The van der Waals surface area contributed by atoms with Gasteiger partial charge in [0.15, 0.2) is 0 Å². The third-order valence-electron chi connectivity index (χ3n) is 5.43. The van der Waals surface area contributed by atoms with Crippen LogP contribution in [-0.4, -0.2) is 65.9 Å². The van der Waals surface area contributed by atoms with E-state index in [0.717, 1.165) is 69.7 Å². The lowest BCUT2D eigenvalue weighted by molar-refractivity contribution is -0.127. The molecule has 0 radical (unpaired) electrons. The van der Waals surface area contributed by atoms with E-state index in [1.807, 2.05) is 17.2 Å². The monoisotopic (exact) mass is 346 g/mol. The average molecular weight is 346 g/mol. The average Bonchev–Trinajstić information content (AvgIpc) is 3.02. The number of piperazine rings is 1. The van der Waals surface area contributed by atoms with Crippen molar-refractivity contribution in [2.45, 2.75) is 39.0 Å². The van der Waals surface area contributed by atoms with E-state index in [4.69, 9.17) is 0 Å². The van der Waals surface area contributed by atoms with E-state index in [9.17, 15) is 9.59 Å². The van der Waals surface area contributed by atoms with Crippen molar-refractivity contribution in [1.29, 1.82) is 0 Å². The van der Waals surface area contributed by atoms with E-state index in [1.165, 1.54) is 6.42 Å². The molecule has 6 nitrogen and oxygen atoms in total. The van der Waals surface area contributed by atoms with Gasteiger partial charge in [0, 0.05) is 57.1 Å². The van der Waals surface area contributed by atoms with Crippen molar-refractivity contribution in [1.82, 2.24) is 20.1 Å². The first-order chi connectivity index (χ1) is 12.2. The fraction of sp³-hybridized carbons (Fsp3) is 0.684. The highest BCUT2D eigenvalue weighted by atomic mass is 16.2. The Kier molecular flexibility index (Phi) is 6.13. The molecule has 0 unspecified atom stereocenters.